The van der Waals surface area contributed by atoms with Crippen molar-refractivity contribution in [3.8, 4) is 0 Å². The molecule has 3 rings (SSSR count). The van der Waals surface area contributed by atoms with Gasteiger partial charge in [0.2, 0.25) is 0 Å². The second-order valence-electron chi connectivity index (χ2n) is 6.05. The summed E-state index contributed by atoms with van der Waals surface area (Å²) in [5.41, 5.74) is 0.467. The molecule has 2 aliphatic rings. The van der Waals surface area contributed by atoms with Crippen LogP contribution in [0, 0.1) is 11.7 Å². The third-order valence-corrected chi connectivity index (χ3v) is 4.70. The van der Waals surface area contributed by atoms with Crippen LogP contribution < -0.4 is 5.32 Å². The van der Waals surface area contributed by atoms with Crippen LogP contribution in [0.2, 0.25) is 0 Å². The summed E-state index contributed by atoms with van der Waals surface area (Å²) in [4.78, 5) is 25.5. The number of halogens is 1. The lowest BCUT2D eigenvalue weighted by Gasteiger charge is -2.32. The van der Waals surface area contributed by atoms with E-state index in [-0.39, 0.29) is 17.8 Å². The molecule has 1 aromatic carbocycles. The molecule has 2 N–H and O–H groups in total. The fourth-order valence-corrected chi connectivity index (χ4v) is 3.69. The van der Waals surface area contributed by atoms with Crippen LogP contribution >= 0.6 is 0 Å². The fraction of sp³-hybridized carbons (Fsp3) is 0.500. The number of nitrogens with one attached hydrogen (secondary N) is 1. The Labute approximate surface area is 128 Å². The summed E-state index contributed by atoms with van der Waals surface area (Å²) in [7, 11) is 0. The van der Waals surface area contributed by atoms with Crippen molar-refractivity contribution >= 4 is 17.7 Å². The van der Waals surface area contributed by atoms with Gasteiger partial charge in [0.25, 0.3) is 0 Å². The number of carbonyl (C=O) groups is 2. The van der Waals surface area contributed by atoms with Gasteiger partial charge in [-0.2, -0.15) is 0 Å². The average molecular weight is 306 g/mol. The van der Waals surface area contributed by atoms with E-state index in [1.807, 2.05) is 0 Å². The highest BCUT2D eigenvalue weighted by molar-refractivity contribution is 5.93. The lowest BCUT2D eigenvalue weighted by atomic mass is 9.85. The van der Waals surface area contributed by atoms with Crippen molar-refractivity contribution in [2.75, 3.05) is 5.32 Å². The Morgan fingerprint density at radius 1 is 1.18 bits per heavy atom. The molecule has 0 radical (unpaired) electrons. The van der Waals surface area contributed by atoms with Crippen molar-refractivity contribution in [3.63, 3.8) is 0 Å². The molecule has 3 atom stereocenters. The van der Waals surface area contributed by atoms with Crippen LogP contribution in [0.1, 0.15) is 32.1 Å². The zero-order chi connectivity index (χ0) is 15.7. The van der Waals surface area contributed by atoms with E-state index in [2.05, 4.69) is 5.32 Å². The Morgan fingerprint density at radius 2 is 1.86 bits per heavy atom. The molecular weight excluding hydrogens is 287 g/mol. The van der Waals surface area contributed by atoms with E-state index in [4.69, 9.17) is 0 Å². The normalized spacial score (nSPS) is 27.3. The number of fused-ring (bicyclic) bond motifs is 1. The van der Waals surface area contributed by atoms with E-state index < -0.39 is 18.0 Å². The van der Waals surface area contributed by atoms with Gasteiger partial charge >= 0.3 is 12.0 Å². The molecule has 3 unspecified atom stereocenters. The molecule has 2 amide bonds. The van der Waals surface area contributed by atoms with E-state index >= 15 is 0 Å². The monoisotopic (exact) mass is 306 g/mol. The first-order valence-electron chi connectivity index (χ1n) is 7.64. The zero-order valence-corrected chi connectivity index (χ0v) is 12.2. The maximum atomic E-state index is 12.9. The first-order chi connectivity index (χ1) is 10.6. The first kappa shape index (κ1) is 14.8. The van der Waals surface area contributed by atoms with Gasteiger partial charge < -0.3 is 15.3 Å². The van der Waals surface area contributed by atoms with Crippen molar-refractivity contribution in [3.05, 3.63) is 30.1 Å². The predicted molar refractivity (Wildman–Crippen MR) is 79.0 cm³/mol. The maximum Gasteiger partial charge on any atom is 0.326 e. The van der Waals surface area contributed by atoms with Gasteiger partial charge in [-0.15, -0.1) is 0 Å². The quantitative estimate of drug-likeness (QED) is 0.882. The minimum absolute atomic E-state index is 0.00435. The number of aliphatic carboxylic acids is 1. The Bertz CT molecular complexity index is 575. The number of hydrogen-bond acceptors (Lipinski definition) is 2. The van der Waals surface area contributed by atoms with Gasteiger partial charge in [-0.05, 0) is 49.4 Å². The molecule has 1 aromatic rings. The van der Waals surface area contributed by atoms with E-state index in [0.29, 0.717) is 12.1 Å². The number of amides is 2. The number of anilines is 1. The number of carboxylic acid groups (broad SMARTS) is 1. The van der Waals surface area contributed by atoms with E-state index in [0.717, 1.165) is 25.7 Å². The number of hydrogen-bond donors (Lipinski definition) is 2. The van der Waals surface area contributed by atoms with Crippen LogP contribution in [-0.4, -0.2) is 34.1 Å². The number of urea groups is 1. The fourth-order valence-electron chi connectivity index (χ4n) is 3.69. The highest BCUT2D eigenvalue weighted by Gasteiger charge is 2.47. The van der Waals surface area contributed by atoms with Gasteiger partial charge in [-0.1, -0.05) is 12.8 Å². The van der Waals surface area contributed by atoms with Gasteiger partial charge in [0.15, 0.2) is 0 Å². The molecule has 0 bridgehead atoms. The third kappa shape index (κ3) is 2.77. The second-order valence-corrected chi connectivity index (χ2v) is 6.05. The van der Waals surface area contributed by atoms with Gasteiger partial charge in [0, 0.05) is 11.7 Å². The topological polar surface area (TPSA) is 69.6 Å². The van der Waals surface area contributed by atoms with Crippen molar-refractivity contribution in [2.45, 2.75) is 44.2 Å². The molecule has 1 aliphatic carbocycles. The number of rotatable bonds is 2. The molecule has 1 saturated carbocycles. The average Bonchev–Trinajstić information content (AvgIpc) is 2.89. The van der Waals surface area contributed by atoms with Crippen LogP contribution in [0.4, 0.5) is 14.9 Å². The van der Waals surface area contributed by atoms with Crippen LogP contribution in [0.25, 0.3) is 0 Å². The van der Waals surface area contributed by atoms with Gasteiger partial charge in [0.05, 0.1) is 0 Å². The number of nitrogens with zero attached hydrogens (tertiary/aromatic N) is 1. The Balaban J connectivity index is 1.78. The molecule has 2 fully saturated rings. The predicted octanol–water partition coefficient (Wildman–Crippen LogP) is 3.08. The second kappa shape index (κ2) is 5.94. The number of carbonyl (C=O) groups excluding carboxylic acids is 1. The lowest BCUT2D eigenvalue weighted by molar-refractivity contribution is -0.141. The van der Waals surface area contributed by atoms with Crippen molar-refractivity contribution < 1.29 is 19.1 Å². The largest absolute Gasteiger partial charge is 0.480 e. The Hall–Kier alpha value is -2.11. The summed E-state index contributed by atoms with van der Waals surface area (Å²) >= 11 is 0. The molecule has 118 valence electrons. The van der Waals surface area contributed by atoms with Crippen LogP contribution in [0.15, 0.2) is 24.3 Å². The van der Waals surface area contributed by atoms with Gasteiger partial charge in [0.1, 0.15) is 11.9 Å². The van der Waals surface area contributed by atoms with Crippen LogP contribution in [0.5, 0.6) is 0 Å². The number of likely N-dealkylation sites (tertiary alicyclic amines) is 1. The van der Waals surface area contributed by atoms with Crippen LogP contribution in [0.3, 0.4) is 0 Å². The maximum absolute atomic E-state index is 12.9. The summed E-state index contributed by atoms with van der Waals surface area (Å²) in [5.74, 6) is -1.06. The lowest BCUT2D eigenvalue weighted by Crippen LogP contribution is -2.48. The van der Waals surface area contributed by atoms with Crippen LogP contribution in [-0.2, 0) is 4.79 Å². The molecule has 6 heteroatoms. The molecule has 5 nitrogen and oxygen atoms in total. The highest BCUT2D eigenvalue weighted by atomic mass is 19.1. The van der Waals surface area contributed by atoms with E-state index in [1.54, 1.807) is 0 Å². The molecule has 22 heavy (non-hydrogen) atoms. The number of benzene rings is 1. The first-order valence-corrected chi connectivity index (χ1v) is 7.64. The van der Waals surface area contributed by atoms with Crippen molar-refractivity contribution in [1.82, 2.24) is 4.90 Å². The molecule has 1 saturated heterocycles. The smallest absolute Gasteiger partial charge is 0.326 e. The standard InChI is InChI=1S/C16H19FN2O3/c17-11-5-7-12(8-6-11)18-16(22)19-13-4-2-1-3-10(13)9-14(19)15(20)21/h5-8,10,13-14H,1-4,9H2,(H,18,22)(H,20,21). The van der Waals surface area contributed by atoms with Crippen molar-refractivity contribution in [2.24, 2.45) is 5.92 Å². The van der Waals surface area contributed by atoms with Crippen molar-refractivity contribution in [1.29, 1.82) is 0 Å². The molecule has 1 heterocycles. The molecule has 0 aromatic heterocycles. The summed E-state index contributed by atoms with van der Waals surface area (Å²) in [6, 6.07) is 4.28. The third-order valence-electron chi connectivity index (χ3n) is 4.70. The summed E-state index contributed by atoms with van der Waals surface area (Å²) < 4.78 is 12.9. The molecular formula is C16H19FN2O3. The van der Waals surface area contributed by atoms with Gasteiger partial charge in [-0.3, -0.25) is 0 Å². The summed E-state index contributed by atoms with van der Waals surface area (Å²) in [6.07, 6.45) is 4.48. The molecule has 1 aliphatic heterocycles. The van der Waals surface area contributed by atoms with E-state index in [9.17, 15) is 19.1 Å². The molecule has 0 spiro atoms. The number of carboxylic acids is 1. The minimum Gasteiger partial charge on any atom is -0.480 e. The Kier molecular flexibility index (Phi) is 4.00. The summed E-state index contributed by atoms with van der Waals surface area (Å²) in [6.45, 7) is 0. The Morgan fingerprint density at radius 3 is 2.55 bits per heavy atom. The zero-order valence-electron chi connectivity index (χ0n) is 12.2. The summed E-state index contributed by atoms with van der Waals surface area (Å²) in [5, 5.41) is 12.1. The van der Waals surface area contributed by atoms with E-state index in [1.165, 1.54) is 29.2 Å². The highest BCUT2D eigenvalue weighted by Crippen LogP contribution is 2.40. The van der Waals surface area contributed by atoms with Gasteiger partial charge in [-0.25, -0.2) is 14.0 Å². The minimum atomic E-state index is -0.955. The SMILES string of the molecule is O=C(O)C1CC2CCCCC2N1C(=O)Nc1ccc(F)cc1.